The van der Waals surface area contributed by atoms with Crippen molar-refractivity contribution in [2.75, 3.05) is 24.3 Å². The number of benzene rings is 1. The Balaban J connectivity index is 2.23. The molecule has 1 fully saturated rings. The number of carbonyl (C=O) groups excluding carboxylic acids is 1. The Morgan fingerprint density at radius 1 is 1.38 bits per heavy atom. The molecule has 4 nitrogen and oxygen atoms in total. The quantitative estimate of drug-likeness (QED) is 0.681. The first-order chi connectivity index (χ1) is 10.0. The minimum absolute atomic E-state index is 0.345. The number of esters is 1. The van der Waals surface area contributed by atoms with Crippen molar-refractivity contribution < 1.29 is 9.53 Å². The summed E-state index contributed by atoms with van der Waals surface area (Å²) < 4.78 is 5.07. The number of hydrogen-bond donors (Lipinski definition) is 1. The molecule has 21 heavy (non-hydrogen) atoms. The molecule has 2 atom stereocenters. The Kier molecular flexibility index (Phi) is 5.10. The SMILES string of the molecule is CCOC(=O)c1cc(N(C)C2CCCCC2C)ccc1N. The predicted molar refractivity (Wildman–Crippen MR) is 86.6 cm³/mol. The molecule has 1 saturated carbocycles. The van der Waals surface area contributed by atoms with Crippen molar-refractivity contribution in [3.63, 3.8) is 0 Å². The van der Waals surface area contributed by atoms with Gasteiger partial charge in [-0.15, -0.1) is 0 Å². The Morgan fingerprint density at radius 2 is 2.10 bits per heavy atom. The summed E-state index contributed by atoms with van der Waals surface area (Å²) in [5.41, 5.74) is 7.88. The van der Waals surface area contributed by atoms with E-state index in [0.717, 1.165) is 5.69 Å². The molecule has 4 heteroatoms. The minimum atomic E-state index is -0.345. The van der Waals surface area contributed by atoms with Crippen molar-refractivity contribution in [3.8, 4) is 0 Å². The predicted octanol–water partition coefficient (Wildman–Crippen LogP) is 3.46. The number of nitrogens with two attached hydrogens (primary N) is 1. The molecule has 1 aliphatic carbocycles. The van der Waals surface area contributed by atoms with Crippen molar-refractivity contribution in [1.82, 2.24) is 0 Å². The van der Waals surface area contributed by atoms with Crippen molar-refractivity contribution >= 4 is 17.3 Å². The van der Waals surface area contributed by atoms with Gasteiger partial charge in [0.2, 0.25) is 0 Å². The first-order valence-electron chi connectivity index (χ1n) is 7.84. The number of anilines is 2. The molecule has 1 aromatic carbocycles. The molecule has 1 aromatic rings. The summed E-state index contributed by atoms with van der Waals surface area (Å²) >= 11 is 0. The fourth-order valence-electron chi connectivity index (χ4n) is 3.21. The van der Waals surface area contributed by atoms with E-state index < -0.39 is 0 Å². The van der Waals surface area contributed by atoms with Gasteiger partial charge in [0.1, 0.15) is 0 Å². The zero-order valence-electron chi connectivity index (χ0n) is 13.3. The van der Waals surface area contributed by atoms with E-state index in [1.54, 1.807) is 13.0 Å². The standard InChI is InChI=1S/C17H26N2O2/c1-4-21-17(20)14-11-13(9-10-15(14)18)19(3)16-8-6-5-7-12(16)2/h9-12,16H,4-8,18H2,1-3H3. The van der Waals surface area contributed by atoms with E-state index in [4.69, 9.17) is 10.5 Å². The van der Waals surface area contributed by atoms with Crippen LogP contribution in [0.4, 0.5) is 11.4 Å². The molecule has 2 N–H and O–H groups in total. The van der Waals surface area contributed by atoms with Crippen molar-refractivity contribution in [2.45, 2.75) is 45.6 Å². The second kappa shape index (κ2) is 6.83. The number of carbonyl (C=O) groups is 1. The number of nitrogen functional groups attached to an aromatic ring is 1. The topological polar surface area (TPSA) is 55.6 Å². The lowest BCUT2D eigenvalue weighted by Crippen LogP contribution is -2.39. The molecule has 0 aliphatic heterocycles. The third-order valence-corrected chi connectivity index (χ3v) is 4.50. The fourth-order valence-corrected chi connectivity index (χ4v) is 3.21. The first-order valence-corrected chi connectivity index (χ1v) is 7.84. The van der Waals surface area contributed by atoms with E-state index in [9.17, 15) is 4.79 Å². The Hall–Kier alpha value is -1.71. The van der Waals surface area contributed by atoms with Gasteiger partial charge in [-0.3, -0.25) is 0 Å². The lowest BCUT2D eigenvalue weighted by Gasteiger charge is -2.37. The molecule has 0 spiro atoms. The Morgan fingerprint density at radius 3 is 2.76 bits per heavy atom. The van der Waals surface area contributed by atoms with E-state index >= 15 is 0 Å². The third kappa shape index (κ3) is 3.49. The summed E-state index contributed by atoms with van der Waals surface area (Å²) in [4.78, 5) is 14.2. The van der Waals surface area contributed by atoms with E-state index in [0.29, 0.717) is 29.8 Å². The van der Waals surface area contributed by atoms with Crippen molar-refractivity contribution in [1.29, 1.82) is 0 Å². The maximum atomic E-state index is 12.0. The summed E-state index contributed by atoms with van der Waals surface area (Å²) in [5, 5.41) is 0. The molecule has 0 heterocycles. The molecule has 1 aliphatic rings. The van der Waals surface area contributed by atoms with Crippen LogP contribution in [0, 0.1) is 5.92 Å². The van der Waals surface area contributed by atoms with E-state index in [-0.39, 0.29) is 5.97 Å². The molecule has 116 valence electrons. The van der Waals surface area contributed by atoms with Crippen LogP contribution in [0.5, 0.6) is 0 Å². The summed E-state index contributed by atoms with van der Waals surface area (Å²) in [7, 11) is 2.10. The molecule has 2 rings (SSSR count). The highest BCUT2D eigenvalue weighted by atomic mass is 16.5. The van der Waals surface area contributed by atoms with E-state index in [1.165, 1.54) is 25.7 Å². The van der Waals surface area contributed by atoms with Gasteiger partial charge < -0.3 is 15.4 Å². The van der Waals surface area contributed by atoms with Crippen LogP contribution in [-0.2, 0) is 4.74 Å². The molecule has 0 saturated heterocycles. The van der Waals surface area contributed by atoms with Crippen LogP contribution in [0.15, 0.2) is 18.2 Å². The Bertz CT molecular complexity index is 502. The van der Waals surface area contributed by atoms with Crippen LogP contribution >= 0.6 is 0 Å². The number of nitrogens with zero attached hydrogens (tertiary/aromatic N) is 1. The van der Waals surface area contributed by atoms with E-state index in [2.05, 4.69) is 18.9 Å². The van der Waals surface area contributed by atoms with Crippen LogP contribution in [0.2, 0.25) is 0 Å². The smallest absolute Gasteiger partial charge is 0.340 e. The zero-order chi connectivity index (χ0) is 15.4. The molecule has 2 unspecified atom stereocenters. The average molecular weight is 290 g/mol. The number of rotatable bonds is 4. The van der Waals surface area contributed by atoms with Crippen LogP contribution in [0.1, 0.15) is 49.9 Å². The fraction of sp³-hybridized carbons (Fsp3) is 0.588. The summed E-state index contributed by atoms with van der Waals surface area (Å²) in [6.45, 7) is 4.47. The van der Waals surface area contributed by atoms with Gasteiger partial charge in [-0.2, -0.15) is 0 Å². The van der Waals surface area contributed by atoms with Crippen LogP contribution in [0.3, 0.4) is 0 Å². The van der Waals surface area contributed by atoms with Gasteiger partial charge in [-0.25, -0.2) is 4.79 Å². The van der Waals surface area contributed by atoms with Crippen LogP contribution in [-0.4, -0.2) is 25.7 Å². The van der Waals surface area contributed by atoms with Gasteiger partial charge in [0.25, 0.3) is 0 Å². The second-order valence-electron chi connectivity index (χ2n) is 5.93. The maximum Gasteiger partial charge on any atom is 0.340 e. The van der Waals surface area contributed by atoms with Crippen molar-refractivity contribution in [2.24, 2.45) is 5.92 Å². The summed E-state index contributed by atoms with van der Waals surface area (Å²) in [6, 6.07) is 6.16. The van der Waals surface area contributed by atoms with Gasteiger partial charge in [-0.05, 0) is 43.9 Å². The second-order valence-corrected chi connectivity index (χ2v) is 5.93. The highest BCUT2D eigenvalue weighted by Gasteiger charge is 2.25. The van der Waals surface area contributed by atoms with Crippen molar-refractivity contribution in [3.05, 3.63) is 23.8 Å². The maximum absolute atomic E-state index is 12.0. The highest BCUT2D eigenvalue weighted by molar-refractivity contribution is 5.96. The average Bonchev–Trinajstić information content (AvgIpc) is 2.48. The first kappa shape index (κ1) is 15.7. The van der Waals surface area contributed by atoms with Gasteiger partial charge in [0.15, 0.2) is 0 Å². The lowest BCUT2D eigenvalue weighted by atomic mass is 9.85. The van der Waals surface area contributed by atoms with E-state index in [1.807, 2.05) is 12.1 Å². The number of ether oxygens (including phenoxy) is 1. The minimum Gasteiger partial charge on any atom is -0.462 e. The zero-order valence-corrected chi connectivity index (χ0v) is 13.3. The molecular weight excluding hydrogens is 264 g/mol. The summed E-state index contributed by atoms with van der Waals surface area (Å²) in [5.74, 6) is 0.328. The molecule has 0 amide bonds. The largest absolute Gasteiger partial charge is 0.462 e. The monoisotopic (exact) mass is 290 g/mol. The Labute approximate surface area is 127 Å². The lowest BCUT2D eigenvalue weighted by molar-refractivity contribution is 0.0527. The van der Waals surface area contributed by atoms with Gasteiger partial charge in [0.05, 0.1) is 12.2 Å². The molecular formula is C17H26N2O2. The molecule has 0 radical (unpaired) electrons. The normalized spacial score (nSPS) is 21.9. The van der Waals surface area contributed by atoms with Gasteiger partial charge in [-0.1, -0.05) is 19.8 Å². The summed E-state index contributed by atoms with van der Waals surface area (Å²) in [6.07, 6.45) is 5.08. The molecule has 0 bridgehead atoms. The highest BCUT2D eigenvalue weighted by Crippen LogP contribution is 2.31. The van der Waals surface area contributed by atoms with Gasteiger partial charge >= 0.3 is 5.97 Å². The third-order valence-electron chi connectivity index (χ3n) is 4.50. The molecule has 0 aromatic heterocycles. The van der Waals surface area contributed by atoms with Gasteiger partial charge in [0, 0.05) is 24.5 Å². The van der Waals surface area contributed by atoms with Crippen LogP contribution in [0.25, 0.3) is 0 Å². The number of hydrogen-bond acceptors (Lipinski definition) is 4. The van der Waals surface area contributed by atoms with Crippen LogP contribution < -0.4 is 10.6 Å².